The number of carbonyl (C=O) groups excluding carboxylic acids is 1. The third kappa shape index (κ3) is 4.38. The van der Waals surface area contributed by atoms with Crippen LogP contribution in [0.5, 0.6) is 0 Å². The highest BCUT2D eigenvalue weighted by molar-refractivity contribution is 7.92. The maximum absolute atomic E-state index is 12.7. The Morgan fingerprint density at radius 3 is 2.76 bits per heavy atom. The van der Waals surface area contributed by atoms with E-state index in [1.165, 1.54) is 16.5 Å². The van der Waals surface area contributed by atoms with Gasteiger partial charge >= 0.3 is 0 Å². The molecule has 1 unspecified atom stereocenters. The van der Waals surface area contributed by atoms with Crippen molar-refractivity contribution >= 4 is 33.0 Å². The molecule has 0 bridgehead atoms. The average molecular weight is 381 g/mol. The third-order valence-electron chi connectivity index (χ3n) is 3.52. The van der Waals surface area contributed by atoms with Crippen molar-refractivity contribution in [2.24, 2.45) is 0 Å². The van der Waals surface area contributed by atoms with Gasteiger partial charge in [-0.25, -0.2) is 13.1 Å². The highest BCUT2D eigenvalue weighted by atomic mass is 35.5. The van der Waals surface area contributed by atoms with E-state index in [2.05, 4.69) is 21.9 Å². The van der Waals surface area contributed by atoms with Crippen molar-refractivity contribution in [1.82, 2.24) is 14.8 Å². The average Bonchev–Trinajstić information content (AvgIpc) is 2.96. The molecule has 2 aromatic heterocycles. The van der Waals surface area contributed by atoms with Crippen LogP contribution in [0.15, 0.2) is 30.7 Å². The molecule has 2 aromatic rings. The molecule has 0 spiro atoms. The maximum atomic E-state index is 12.7. The second-order valence-electron chi connectivity index (χ2n) is 5.28. The number of sulfone groups is 1. The van der Waals surface area contributed by atoms with Crippen LogP contribution in [0.2, 0.25) is 5.15 Å². The Bertz CT molecular complexity index is 929. The van der Waals surface area contributed by atoms with Gasteiger partial charge in [-0.2, -0.15) is 5.10 Å². The van der Waals surface area contributed by atoms with Gasteiger partial charge in [-0.15, -0.1) is 5.92 Å². The summed E-state index contributed by atoms with van der Waals surface area (Å²) in [7, 11) is -3.56. The molecule has 1 amide bonds. The Morgan fingerprint density at radius 2 is 2.20 bits per heavy atom. The molecule has 7 nitrogen and oxygen atoms in total. The molecule has 0 fully saturated rings. The van der Waals surface area contributed by atoms with Crippen LogP contribution in [0.3, 0.4) is 0 Å². The Kier molecular flexibility index (Phi) is 5.82. The lowest BCUT2D eigenvalue weighted by molar-refractivity contribution is -0.117. The molecular weight excluding hydrogens is 364 g/mol. The van der Waals surface area contributed by atoms with Crippen LogP contribution in [0.25, 0.3) is 5.69 Å². The van der Waals surface area contributed by atoms with Gasteiger partial charge in [0.15, 0.2) is 15.0 Å². The van der Waals surface area contributed by atoms with Crippen molar-refractivity contribution < 1.29 is 13.2 Å². The molecule has 2 heterocycles. The van der Waals surface area contributed by atoms with E-state index in [0.717, 1.165) is 6.26 Å². The van der Waals surface area contributed by atoms with Gasteiger partial charge < -0.3 is 0 Å². The minimum atomic E-state index is -3.56. The highest BCUT2D eigenvalue weighted by Crippen LogP contribution is 2.27. The van der Waals surface area contributed by atoms with E-state index in [4.69, 9.17) is 11.6 Å². The summed E-state index contributed by atoms with van der Waals surface area (Å²) in [6, 6.07) is 3.51. The van der Waals surface area contributed by atoms with Crippen molar-refractivity contribution in [3.63, 3.8) is 0 Å². The van der Waals surface area contributed by atoms with E-state index >= 15 is 0 Å². The zero-order chi connectivity index (χ0) is 18.6. The number of rotatable bonds is 5. The summed E-state index contributed by atoms with van der Waals surface area (Å²) in [4.78, 5) is 17.9. The molecule has 0 saturated carbocycles. The van der Waals surface area contributed by atoms with E-state index in [1.54, 1.807) is 37.6 Å². The number of hydrogen-bond donors (Lipinski definition) is 0. The van der Waals surface area contributed by atoms with Crippen LogP contribution in [0.4, 0.5) is 5.69 Å². The van der Waals surface area contributed by atoms with Gasteiger partial charge in [-0.3, -0.25) is 14.7 Å². The largest absolute Gasteiger partial charge is 0.295 e. The number of pyridine rings is 1. The predicted molar refractivity (Wildman–Crippen MR) is 96.5 cm³/mol. The normalized spacial score (nSPS) is 12.2. The van der Waals surface area contributed by atoms with Gasteiger partial charge in [0.1, 0.15) is 10.9 Å². The summed E-state index contributed by atoms with van der Waals surface area (Å²) in [5.74, 6) is 4.83. The summed E-state index contributed by atoms with van der Waals surface area (Å²) < 4.78 is 25.0. The fourth-order valence-corrected chi connectivity index (χ4v) is 2.71. The molecule has 0 radical (unpaired) electrons. The molecule has 9 heteroatoms. The molecule has 0 aliphatic carbocycles. The van der Waals surface area contributed by atoms with Gasteiger partial charge in [0.05, 0.1) is 24.6 Å². The lowest BCUT2D eigenvalue weighted by Gasteiger charge is -2.22. The van der Waals surface area contributed by atoms with E-state index in [9.17, 15) is 13.2 Å². The SMILES string of the molecule is CC#CCN(C(=O)C(C)S(C)(=O)=O)c1cn(-c2cccnc2)nc1Cl. The Morgan fingerprint density at radius 1 is 1.48 bits per heavy atom. The molecule has 25 heavy (non-hydrogen) atoms. The first kappa shape index (κ1) is 19.0. The van der Waals surface area contributed by atoms with E-state index < -0.39 is 21.0 Å². The van der Waals surface area contributed by atoms with Crippen molar-refractivity contribution in [3.8, 4) is 17.5 Å². The molecule has 0 aliphatic rings. The minimum absolute atomic E-state index is 0.00759. The van der Waals surface area contributed by atoms with Crippen LogP contribution in [-0.2, 0) is 14.6 Å². The molecule has 0 saturated heterocycles. The van der Waals surface area contributed by atoms with Crippen molar-refractivity contribution in [2.45, 2.75) is 19.1 Å². The van der Waals surface area contributed by atoms with Crippen molar-refractivity contribution in [3.05, 3.63) is 35.9 Å². The standard InChI is InChI=1S/C16H17ClN4O3S/c1-4-5-9-20(16(22)12(2)25(3,23)24)14-11-21(19-15(14)17)13-7-6-8-18-10-13/h6-8,10-12H,9H2,1-3H3. The molecule has 132 valence electrons. The Hall–Kier alpha value is -2.37. The number of aromatic nitrogens is 3. The van der Waals surface area contributed by atoms with Gasteiger partial charge in [-0.1, -0.05) is 17.5 Å². The highest BCUT2D eigenvalue weighted by Gasteiger charge is 2.31. The quantitative estimate of drug-likeness (QED) is 0.737. The Balaban J connectivity index is 2.46. The fraction of sp³-hybridized carbons (Fsp3) is 0.312. The van der Waals surface area contributed by atoms with Gasteiger partial charge in [0.25, 0.3) is 0 Å². The molecule has 1 atom stereocenters. The summed E-state index contributed by atoms with van der Waals surface area (Å²) in [5, 5.41) is 3.01. The molecule has 0 aliphatic heterocycles. The predicted octanol–water partition coefficient (Wildman–Crippen LogP) is 1.71. The Labute approximate surface area is 151 Å². The van der Waals surface area contributed by atoms with Gasteiger partial charge in [0.2, 0.25) is 5.91 Å². The zero-order valence-corrected chi connectivity index (χ0v) is 15.5. The van der Waals surface area contributed by atoms with Gasteiger partial charge in [-0.05, 0) is 26.0 Å². The van der Waals surface area contributed by atoms with Crippen LogP contribution in [0, 0.1) is 11.8 Å². The maximum Gasteiger partial charge on any atom is 0.246 e. The topological polar surface area (TPSA) is 85.2 Å². The number of amides is 1. The van der Waals surface area contributed by atoms with Crippen LogP contribution < -0.4 is 4.90 Å². The summed E-state index contributed by atoms with van der Waals surface area (Å²) >= 11 is 6.19. The van der Waals surface area contributed by atoms with Crippen molar-refractivity contribution in [2.75, 3.05) is 17.7 Å². The van der Waals surface area contributed by atoms with E-state index in [-0.39, 0.29) is 17.4 Å². The summed E-state index contributed by atoms with van der Waals surface area (Å²) in [5.41, 5.74) is 0.939. The second kappa shape index (κ2) is 7.68. The number of carbonyl (C=O) groups is 1. The van der Waals surface area contributed by atoms with E-state index in [0.29, 0.717) is 5.69 Å². The molecule has 0 aromatic carbocycles. The first-order valence-electron chi connectivity index (χ1n) is 7.31. The van der Waals surface area contributed by atoms with E-state index in [1.807, 2.05) is 0 Å². The smallest absolute Gasteiger partial charge is 0.246 e. The lowest BCUT2D eigenvalue weighted by Crippen LogP contribution is -2.41. The lowest BCUT2D eigenvalue weighted by atomic mass is 10.3. The number of halogens is 1. The van der Waals surface area contributed by atoms with Gasteiger partial charge in [0, 0.05) is 12.5 Å². The first-order valence-corrected chi connectivity index (χ1v) is 9.64. The minimum Gasteiger partial charge on any atom is -0.295 e. The summed E-state index contributed by atoms with van der Waals surface area (Å²) in [6.07, 6.45) is 5.77. The third-order valence-corrected chi connectivity index (χ3v) is 5.28. The van der Waals surface area contributed by atoms with Crippen LogP contribution in [0.1, 0.15) is 13.8 Å². The number of hydrogen-bond acceptors (Lipinski definition) is 5. The summed E-state index contributed by atoms with van der Waals surface area (Å²) in [6.45, 7) is 2.97. The van der Waals surface area contributed by atoms with Crippen LogP contribution in [-0.4, -0.2) is 47.1 Å². The number of nitrogens with zero attached hydrogens (tertiary/aromatic N) is 4. The molecular formula is C16H17ClN4O3S. The zero-order valence-electron chi connectivity index (χ0n) is 14.0. The van der Waals surface area contributed by atoms with Crippen molar-refractivity contribution in [1.29, 1.82) is 0 Å². The number of anilines is 1. The molecule has 0 N–H and O–H groups in total. The second-order valence-corrected chi connectivity index (χ2v) is 8.01. The monoisotopic (exact) mass is 380 g/mol. The van der Waals surface area contributed by atoms with Crippen LogP contribution >= 0.6 is 11.6 Å². The fourth-order valence-electron chi connectivity index (χ4n) is 1.99. The first-order chi connectivity index (χ1) is 11.8. The molecule has 2 rings (SSSR count).